The van der Waals surface area contributed by atoms with Gasteiger partial charge >= 0.3 is 0 Å². The normalized spacial score (nSPS) is 13.7. The summed E-state index contributed by atoms with van der Waals surface area (Å²) in [5.74, 6) is 3.04. The number of furan rings is 1. The van der Waals surface area contributed by atoms with E-state index in [4.69, 9.17) is 14.7 Å². The first kappa shape index (κ1) is 19.9. The molecule has 1 aliphatic heterocycles. The van der Waals surface area contributed by atoms with Crippen molar-refractivity contribution in [2.75, 3.05) is 25.6 Å². The van der Waals surface area contributed by atoms with Gasteiger partial charge in [-0.2, -0.15) is 10.6 Å². The minimum Gasteiger partial charge on any atom is -0.497 e. The fourth-order valence-electron chi connectivity index (χ4n) is 3.94. The van der Waals surface area contributed by atoms with Gasteiger partial charge in [0.25, 0.3) is 0 Å². The summed E-state index contributed by atoms with van der Waals surface area (Å²) in [6, 6.07) is 9.85. The molecule has 0 fully saturated rings. The lowest BCUT2D eigenvalue weighted by Crippen LogP contribution is -2.33. The van der Waals surface area contributed by atoms with E-state index in [1.165, 1.54) is 11.1 Å². The Hall–Kier alpha value is -3.99. The molecule has 1 aromatic carbocycles. The Bertz CT molecular complexity index is 1210. The second-order valence-corrected chi connectivity index (χ2v) is 7.50. The summed E-state index contributed by atoms with van der Waals surface area (Å²) >= 11 is 0. The zero-order chi connectivity index (χ0) is 21.9. The Labute approximate surface area is 183 Å². The van der Waals surface area contributed by atoms with Gasteiger partial charge in [-0.05, 0) is 41.8 Å². The number of hydrogen-bond donors (Lipinski definition) is 3. The van der Waals surface area contributed by atoms with E-state index in [-0.39, 0.29) is 0 Å². The van der Waals surface area contributed by atoms with Crippen LogP contribution in [0.25, 0.3) is 23.0 Å². The van der Waals surface area contributed by atoms with Crippen LogP contribution in [-0.2, 0) is 19.5 Å². The highest BCUT2D eigenvalue weighted by Crippen LogP contribution is 2.28. The van der Waals surface area contributed by atoms with Gasteiger partial charge in [-0.1, -0.05) is 11.3 Å². The molecule has 164 valence electrons. The van der Waals surface area contributed by atoms with Crippen molar-refractivity contribution in [3.05, 3.63) is 53.9 Å². The highest BCUT2D eigenvalue weighted by atomic mass is 16.5. The first-order valence-corrected chi connectivity index (χ1v) is 10.3. The molecular formula is C21H23N9O2. The van der Waals surface area contributed by atoms with Crippen LogP contribution in [0.3, 0.4) is 0 Å². The van der Waals surface area contributed by atoms with Crippen LogP contribution in [0.5, 0.6) is 5.75 Å². The predicted octanol–water partition coefficient (Wildman–Crippen LogP) is 3.35. The first-order chi connectivity index (χ1) is 15.7. The van der Waals surface area contributed by atoms with E-state index in [1.807, 2.05) is 6.07 Å². The largest absolute Gasteiger partial charge is 0.497 e. The number of fused-ring (bicyclic) bond motifs is 1. The van der Waals surface area contributed by atoms with Gasteiger partial charge in [-0.3, -0.25) is 10.00 Å². The SMILES string of the molecule is COc1ccc2c(c1)CCN(CCn1ncc(-c3nc(-c4ccco4)n[nH]3)c1NN=N)C2. The first-order valence-electron chi connectivity index (χ1n) is 10.3. The van der Waals surface area contributed by atoms with Crippen LogP contribution in [0.1, 0.15) is 11.1 Å². The number of ether oxygens (including phenoxy) is 1. The van der Waals surface area contributed by atoms with Crippen LogP contribution in [0, 0.1) is 5.53 Å². The Morgan fingerprint density at radius 1 is 1.28 bits per heavy atom. The van der Waals surface area contributed by atoms with Crippen LogP contribution in [0.15, 0.2) is 52.4 Å². The van der Waals surface area contributed by atoms with Crippen LogP contribution < -0.4 is 10.2 Å². The molecule has 0 saturated heterocycles. The average Bonchev–Trinajstić information content (AvgIpc) is 3.58. The van der Waals surface area contributed by atoms with Gasteiger partial charge < -0.3 is 9.15 Å². The molecule has 0 radical (unpaired) electrons. The molecule has 4 aromatic rings. The van der Waals surface area contributed by atoms with Crippen LogP contribution >= 0.6 is 0 Å². The zero-order valence-corrected chi connectivity index (χ0v) is 17.6. The van der Waals surface area contributed by atoms with Crippen molar-refractivity contribution in [1.82, 2.24) is 29.9 Å². The van der Waals surface area contributed by atoms with Crippen LogP contribution in [0.4, 0.5) is 5.82 Å². The van der Waals surface area contributed by atoms with Crippen molar-refractivity contribution in [2.24, 2.45) is 5.22 Å². The standard InChI is InChI=1S/C21H23N9O2/c1-31-16-5-4-15-13-29(7-6-14(15)11-16)8-9-30-21(27-28-22)17(12-23-30)19-24-20(26-25-19)18-3-2-10-32-18/h2-5,10-12H,6-9,13H2,1H3,(H2,22,27)(H,24,25,26). The summed E-state index contributed by atoms with van der Waals surface area (Å²) in [6.45, 7) is 3.30. The number of nitrogens with one attached hydrogen (secondary N) is 3. The lowest BCUT2D eigenvalue weighted by molar-refractivity contribution is 0.240. The minimum atomic E-state index is 0.454. The third-order valence-corrected chi connectivity index (χ3v) is 5.62. The average molecular weight is 433 g/mol. The number of benzene rings is 1. The summed E-state index contributed by atoms with van der Waals surface area (Å²) in [6.07, 6.45) is 4.25. The second kappa shape index (κ2) is 8.63. The number of aromatic nitrogens is 5. The molecule has 32 heavy (non-hydrogen) atoms. The van der Waals surface area contributed by atoms with Crippen molar-refractivity contribution < 1.29 is 9.15 Å². The van der Waals surface area contributed by atoms with E-state index < -0.39 is 0 Å². The molecular weight excluding hydrogens is 410 g/mol. The monoisotopic (exact) mass is 433 g/mol. The molecule has 3 N–H and O–H groups in total. The molecule has 0 saturated carbocycles. The van der Waals surface area contributed by atoms with Crippen molar-refractivity contribution in [3.8, 4) is 28.7 Å². The summed E-state index contributed by atoms with van der Waals surface area (Å²) in [5.41, 5.74) is 13.4. The Kier molecular flexibility index (Phi) is 5.38. The number of aromatic amines is 1. The molecule has 0 atom stereocenters. The van der Waals surface area contributed by atoms with Crippen molar-refractivity contribution in [2.45, 2.75) is 19.5 Å². The Balaban J connectivity index is 1.30. The summed E-state index contributed by atoms with van der Waals surface area (Å²) in [7, 11) is 1.70. The Morgan fingerprint density at radius 3 is 3.03 bits per heavy atom. The van der Waals surface area contributed by atoms with Gasteiger partial charge in [0.15, 0.2) is 17.4 Å². The molecule has 0 spiro atoms. The topological polar surface area (TPSA) is 133 Å². The number of nitrogens with zero attached hydrogens (tertiary/aromatic N) is 6. The van der Waals surface area contributed by atoms with Gasteiger partial charge in [-0.15, -0.1) is 5.10 Å². The van der Waals surface area contributed by atoms with E-state index in [1.54, 1.807) is 36.4 Å². The smallest absolute Gasteiger partial charge is 0.217 e. The number of anilines is 1. The molecule has 0 bridgehead atoms. The van der Waals surface area contributed by atoms with E-state index >= 15 is 0 Å². The van der Waals surface area contributed by atoms with Gasteiger partial charge in [-0.25, -0.2) is 15.1 Å². The number of methoxy groups -OCH3 is 1. The highest BCUT2D eigenvalue weighted by Gasteiger charge is 2.20. The van der Waals surface area contributed by atoms with Crippen LogP contribution in [0.2, 0.25) is 0 Å². The van der Waals surface area contributed by atoms with Gasteiger partial charge in [0.05, 0.1) is 31.7 Å². The number of hydrogen-bond acceptors (Lipinski definition) is 8. The quantitative estimate of drug-likeness (QED) is 0.287. The maximum Gasteiger partial charge on any atom is 0.217 e. The highest BCUT2D eigenvalue weighted by molar-refractivity contribution is 5.70. The molecule has 1 aliphatic rings. The van der Waals surface area contributed by atoms with Gasteiger partial charge in [0.1, 0.15) is 5.75 Å². The fourth-order valence-corrected chi connectivity index (χ4v) is 3.94. The molecule has 3 aromatic heterocycles. The van der Waals surface area contributed by atoms with Gasteiger partial charge in [0.2, 0.25) is 5.82 Å². The van der Waals surface area contributed by atoms with Gasteiger partial charge in [0, 0.05) is 19.6 Å². The molecule has 4 heterocycles. The van der Waals surface area contributed by atoms with E-state index in [0.717, 1.165) is 31.8 Å². The third-order valence-electron chi connectivity index (χ3n) is 5.62. The van der Waals surface area contributed by atoms with Crippen LogP contribution in [-0.4, -0.2) is 50.1 Å². The third kappa shape index (κ3) is 3.85. The summed E-state index contributed by atoms with van der Waals surface area (Å²) in [5, 5.41) is 15.0. The number of rotatable bonds is 8. The summed E-state index contributed by atoms with van der Waals surface area (Å²) in [4.78, 5) is 6.88. The van der Waals surface area contributed by atoms with Crippen molar-refractivity contribution >= 4 is 5.82 Å². The molecule has 5 rings (SSSR count). The number of H-pyrrole nitrogens is 1. The minimum absolute atomic E-state index is 0.454. The molecule has 0 unspecified atom stereocenters. The molecule has 11 heteroatoms. The lowest BCUT2D eigenvalue weighted by atomic mass is 9.99. The van der Waals surface area contributed by atoms with Crippen molar-refractivity contribution in [1.29, 1.82) is 5.53 Å². The lowest BCUT2D eigenvalue weighted by Gasteiger charge is -2.29. The summed E-state index contributed by atoms with van der Waals surface area (Å²) < 4.78 is 12.5. The zero-order valence-electron chi connectivity index (χ0n) is 17.6. The predicted molar refractivity (Wildman–Crippen MR) is 116 cm³/mol. The van der Waals surface area contributed by atoms with E-state index in [0.29, 0.717) is 35.3 Å². The van der Waals surface area contributed by atoms with E-state index in [2.05, 4.69) is 48.0 Å². The van der Waals surface area contributed by atoms with Crippen molar-refractivity contribution in [3.63, 3.8) is 0 Å². The maximum absolute atomic E-state index is 7.29. The molecule has 11 nitrogen and oxygen atoms in total. The van der Waals surface area contributed by atoms with E-state index in [9.17, 15) is 0 Å². The molecule has 0 aliphatic carbocycles. The second-order valence-electron chi connectivity index (χ2n) is 7.50. The molecule has 0 amide bonds. The maximum atomic E-state index is 7.29. The fraction of sp³-hybridized carbons (Fsp3) is 0.286. The Morgan fingerprint density at radius 2 is 2.22 bits per heavy atom.